The Hall–Kier alpha value is -1.62. The minimum Gasteiger partial charge on any atom is -0.329 e. The van der Waals surface area contributed by atoms with E-state index in [9.17, 15) is 0 Å². The Bertz CT molecular complexity index is 691. The summed E-state index contributed by atoms with van der Waals surface area (Å²) in [5.41, 5.74) is 8.78. The van der Waals surface area contributed by atoms with Gasteiger partial charge in [-0.25, -0.2) is 4.98 Å². The van der Waals surface area contributed by atoms with Crippen LogP contribution < -0.4 is 10.6 Å². The van der Waals surface area contributed by atoms with Crippen molar-refractivity contribution < 1.29 is 0 Å². The predicted molar refractivity (Wildman–Crippen MR) is 110 cm³/mol. The number of hydrogen-bond donors (Lipinski definition) is 1. The second-order valence-corrected chi connectivity index (χ2v) is 7.63. The van der Waals surface area contributed by atoms with Crippen molar-refractivity contribution in [2.75, 3.05) is 25.0 Å². The second kappa shape index (κ2) is 8.38. The summed E-state index contributed by atoms with van der Waals surface area (Å²) in [6.07, 6.45) is 5.89. The Labute approximate surface area is 162 Å². The average Bonchev–Trinajstić information content (AvgIpc) is 3.06. The van der Waals surface area contributed by atoms with Crippen molar-refractivity contribution in [3.05, 3.63) is 54.2 Å². The van der Waals surface area contributed by atoms with Gasteiger partial charge in [0.05, 0.1) is 0 Å². The molecule has 1 aromatic carbocycles. The van der Waals surface area contributed by atoms with Crippen molar-refractivity contribution >= 4 is 23.9 Å². The molecule has 2 fully saturated rings. The summed E-state index contributed by atoms with van der Waals surface area (Å²) >= 11 is 0. The first-order chi connectivity index (χ1) is 12.2. The van der Waals surface area contributed by atoms with E-state index >= 15 is 0 Å². The standard InChI is InChI=1S/C21H28N4.ClH/c1-24(18-7-3-2-4-8-18)21-11-10-16(12-23-21)13-25-14-17-6-5-9-20(22)19(17)15-25;/h2-4,7-8,10-12,17,19-20H,5-6,9,13-15,22H2,1H3;1H. The molecule has 1 aromatic heterocycles. The van der Waals surface area contributed by atoms with Crippen molar-refractivity contribution in [1.29, 1.82) is 0 Å². The fourth-order valence-electron chi connectivity index (χ4n) is 4.49. The first kappa shape index (κ1) is 19.2. The smallest absolute Gasteiger partial charge is 0.132 e. The number of halogens is 1. The highest BCUT2D eigenvalue weighted by Gasteiger charge is 2.38. The van der Waals surface area contributed by atoms with Crippen LogP contribution >= 0.6 is 12.4 Å². The third-order valence-electron chi connectivity index (χ3n) is 5.93. The third-order valence-corrected chi connectivity index (χ3v) is 5.93. The van der Waals surface area contributed by atoms with Gasteiger partial charge in [-0.15, -0.1) is 12.4 Å². The van der Waals surface area contributed by atoms with Gasteiger partial charge < -0.3 is 10.6 Å². The fourth-order valence-corrected chi connectivity index (χ4v) is 4.49. The summed E-state index contributed by atoms with van der Waals surface area (Å²) in [5, 5.41) is 0. The molecular formula is C21H29ClN4. The molecule has 2 N–H and O–H groups in total. The highest BCUT2D eigenvalue weighted by Crippen LogP contribution is 2.36. The average molecular weight is 373 g/mol. The van der Waals surface area contributed by atoms with Crippen LogP contribution in [0.2, 0.25) is 0 Å². The minimum absolute atomic E-state index is 0. The predicted octanol–water partition coefficient (Wildman–Crippen LogP) is 3.83. The first-order valence-corrected chi connectivity index (χ1v) is 9.42. The highest BCUT2D eigenvalue weighted by molar-refractivity contribution is 5.85. The van der Waals surface area contributed by atoms with E-state index in [1.165, 1.54) is 31.4 Å². The summed E-state index contributed by atoms with van der Waals surface area (Å²) in [5.74, 6) is 2.48. The molecule has 0 radical (unpaired) electrons. The lowest BCUT2D eigenvalue weighted by Gasteiger charge is -2.29. The zero-order valence-corrected chi connectivity index (χ0v) is 16.2. The van der Waals surface area contributed by atoms with Gasteiger partial charge in [-0.05, 0) is 48.4 Å². The van der Waals surface area contributed by atoms with Crippen LogP contribution in [0.3, 0.4) is 0 Å². The summed E-state index contributed by atoms with van der Waals surface area (Å²) in [4.78, 5) is 9.36. The molecule has 1 aliphatic heterocycles. The summed E-state index contributed by atoms with van der Waals surface area (Å²) in [6, 6.07) is 15.1. The van der Waals surface area contributed by atoms with Crippen molar-refractivity contribution in [1.82, 2.24) is 9.88 Å². The number of fused-ring (bicyclic) bond motifs is 1. The number of nitrogens with two attached hydrogens (primary N) is 1. The molecule has 5 heteroatoms. The first-order valence-electron chi connectivity index (χ1n) is 9.42. The van der Waals surface area contributed by atoms with Gasteiger partial charge in [0.2, 0.25) is 0 Å². The number of rotatable bonds is 4. The normalized spacial score (nSPS) is 25.4. The maximum Gasteiger partial charge on any atom is 0.132 e. The maximum atomic E-state index is 6.34. The number of nitrogens with zero attached hydrogens (tertiary/aromatic N) is 3. The van der Waals surface area contributed by atoms with E-state index in [2.05, 4.69) is 58.2 Å². The number of benzene rings is 1. The Morgan fingerprint density at radius 3 is 2.62 bits per heavy atom. The fraction of sp³-hybridized carbons (Fsp3) is 0.476. The van der Waals surface area contributed by atoms with Crippen LogP contribution in [0.4, 0.5) is 11.5 Å². The lowest BCUT2D eigenvalue weighted by Crippen LogP contribution is -2.38. The molecule has 1 saturated heterocycles. The van der Waals surface area contributed by atoms with Gasteiger partial charge in [-0.2, -0.15) is 0 Å². The van der Waals surface area contributed by atoms with E-state index in [1.54, 1.807) is 0 Å². The van der Waals surface area contributed by atoms with Crippen LogP contribution in [-0.2, 0) is 6.54 Å². The number of para-hydroxylation sites is 1. The van der Waals surface area contributed by atoms with Gasteiger partial charge in [-0.1, -0.05) is 30.7 Å². The van der Waals surface area contributed by atoms with Crippen LogP contribution in [0.1, 0.15) is 24.8 Å². The van der Waals surface area contributed by atoms with Crippen molar-refractivity contribution in [2.45, 2.75) is 31.8 Å². The Balaban J connectivity index is 0.00000196. The van der Waals surface area contributed by atoms with E-state index in [0.717, 1.165) is 30.5 Å². The largest absolute Gasteiger partial charge is 0.329 e. The SMILES string of the molecule is CN(c1ccccc1)c1ccc(CN2CC3CCCC(N)C3C2)cn1.Cl. The second-order valence-electron chi connectivity index (χ2n) is 7.63. The molecule has 1 saturated carbocycles. The Kier molecular flexibility index (Phi) is 6.17. The number of pyridine rings is 1. The molecule has 26 heavy (non-hydrogen) atoms. The maximum absolute atomic E-state index is 6.34. The van der Waals surface area contributed by atoms with Crippen molar-refractivity contribution in [2.24, 2.45) is 17.6 Å². The molecular weight excluding hydrogens is 344 g/mol. The van der Waals surface area contributed by atoms with Crippen molar-refractivity contribution in [3.63, 3.8) is 0 Å². The van der Waals surface area contributed by atoms with E-state index in [-0.39, 0.29) is 12.4 Å². The number of likely N-dealkylation sites (tertiary alicyclic amines) is 1. The van der Waals surface area contributed by atoms with Gasteiger partial charge in [0.15, 0.2) is 0 Å². The van der Waals surface area contributed by atoms with Crippen LogP contribution in [0.25, 0.3) is 0 Å². The molecule has 1 aliphatic carbocycles. The molecule has 2 aliphatic rings. The number of aromatic nitrogens is 1. The molecule has 3 atom stereocenters. The molecule has 3 unspecified atom stereocenters. The molecule has 0 bridgehead atoms. The molecule has 2 heterocycles. The Morgan fingerprint density at radius 2 is 1.92 bits per heavy atom. The Morgan fingerprint density at radius 1 is 1.12 bits per heavy atom. The van der Waals surface area contributed by atoms with E-state index in [1.807, 2.05) is 12.3 Å². The number of anilines is 2. The summed E-state index contributed by atoms with van der Waals surface area (Å²) < 4.78 is 0. The van der Waals surface area contributed by atoms with Gasteiger partial charge in [0, 0.05) is 44.6 Å². The molecule has 4 nitrogen and oxygen atoms in total. The monoisotopic (exact) mass is 372 g/mol. The minimum atomic E-state index is 0. The summed E-state index contributed by atoms with van der Waals surface area (Å²) in [7, 11) is 2.06. The van der Waals surface area contributed by atoms with Crippen LogP contribution in [0.15, 0.2) is 48.7 Å². The zero-order valence-electron chi connectivity index (χ0n) is 15.4. The van der Waals surface area contributed by atoms with E-state index in [0.29, 0.717) is 12.0 Å². The zero-order chi connectivity index (χ0) is 17.2. The molecule has 2 aromatic rings. The van der Waals surface area contributed by atoms with Gasteiger partial charge >= 0.3 is 0 Å². The summed E-state index contributed by atoms with van der Waals surface area (Å²) in [6.45, 7) is 3.34. The van der Waals surface area contributed by atoms with Gasteiger partial charge in [0.1, 0.15) is 5.82 Å². The van der Waals surface area contributed by atoms with Crippen LogP contribution in [0.5, 0.6) is 0 Å². The van der Waals surface area contributed by atoms with Crippen LogP contribution in [-0.4, -0.2) is 36.1 Å². The third kappa shape index (κ3) is 4.03. The van der Waals surface area contributed by atoms with E-state index in [4.69, 9.17) is 5.73 Å². The molecule has 0 spiro atoms. The van der Waals surface area contributed by atoms with Gasteiger partial charge in [0.25, 0.3) is 0 Å². The van der Waals surface area contributed by atoms with Gasteiger partial charge in [-0.3, -0.25) is 4.90 Å². The quantitative estimate of drug-likeness (QED) is 0.885. The number of hydrogen-bond acceptors (Lipinski definition) is 4. The molecule has 0 amide bonds. The van der Waals surface area contributed by atoms with E-state index < -0.39 is 0 Å². The van der Waals surface area contributed by atoms with Crippen molar-refractivity contribution in [3.8, 4) is 0 Å². The molecule has 140 valence electrons. The van der Waals surface area contributed by atoms with Crippen LogP contribution in [0, 0.1) is 11.8 Å². The topological polar surface area (TPSA) is 45.4 Å². The molecule has 4 rings (SSSR count). The lowest BCUT2D eigenvalue weighted by atomic mass is 9.78. The lowest BCUT2D eigenvalue weighted by molar-refractivity contribution is 0.259. The highest BCUT2D eigenvalue weighted by atomic mass is 35.5.